The number of ether oxygens (including phenoxy) is 1. The van der Waals surface area contributed by atoms with Gasteiger partial charge in [-0.25, -0.2) is 0 Å². The van der Waals surface area contributed by atoms with Gasteiger partial charge in [0.25, 0.3) is 0 Å². The fraction of sp³-hybridized carbons (Fsp3) is 0.467. The normalized spacial score (nSPS) is 12.3. The van der Waals surface area contributed by atoms with Crippen LogP contribution in [0.3, 0.4) is 0 Å². The number of hydrogen-bond donors (Lipinski definition) is 2. The van der Waals surface area contributed by atoms with E-state index in [2.05, 4.69) is 10.3 Å². The van der Waals surface area contributed by atoms with Crippen molar-refractivity contribution in [3.8, 4) is 5.75 Å². The molecule has 0 spiro atoms. The van der Waals surface area contributed by atoms with E-state index in [1.807, 2.05) is 43.5 Å². The molecule has 1 atom stereocenters. The highest BCUT2D eigenvalue weighted by molar-refractivity contribution is 7.71. The predicted molar refractivity (Wildman–Crippen MR) is 86.3 cm³/mol. The number of benzene rings is 1. The highest BCUT2D eigenvalue weighted by Gasteiger charge is 2.19. The fourth-order valence-corrected chi connectivity index (χ4v) is 2.65. The van der Waals surface area contributed by atoms with E-state index in [9.17, 15) is 4.79 Å². The first kappa shape index (κ1) is 15.6. The van der Waals surface area contributed by atoms with Crippen molar-refractivity contribution in [2.45, 2.75) is 33.2 Å². The average molecular weight is 307 g/mol. The van der Waals surface area contributed by atoms with E-state index in [4.69, 9.17) is 17.0 Å². The molecule has 0 aliphatic rings. The molecular weight excluding hydrogens is 286 g/mol. The zero-order chi connectivity index (χ0) is 15.4. The monoisotopic (exact) mass is 307 g/mol. The smallest absolute Gasteiger partial charge is 0.242 e. The minimum absolute atomic E-state index is 0.0318. The Morgan fingerprint density at radius 3 is 2.90 bits per heavy atom. The van der Waals surface area contributed by atoms with Gasteiger partial charge in [-0.15, -0.1) is 0 Å². The summed E-state index contributed by atoms with van der Waals surface area (Å²) in [5.74, 6) is 0.719. The van der Waals surface area contributed by atoms with Crippen LogP contribution in [0, 0.1) is 4.77 Å². The molecule has 6 heteroatoms. The Kier molecular flexibility index (Phi) is 5.01. The molecule has 0 saturated heterocycles. The van der Waals surface area contributed by atoms with Crippen LogP contribution in [0.15, 0.2) is 18.2 Å². The van der Waals surface area contributed by atoms with E-state index in [0.717, 1.165) is 23.2 Å². The van der Waals surface area contributed by atoms with Crippen LogP contribution in [0.2, 0.25) is 0 Å². The Bertz CT molecular complexity index is 690. The van der Waals surface area contributed by atoms with Gasteiger partial charge in [0, 0.05) is 6.54 Å². The summed E-state index contributed by atoms with van der Waals surface area (Å²) in [5, 5.41) is 2.90. The van der Waals surface area contributed by atoms with Crippen molar-refractivity contribution < 1.29 is 9.53 Å². The first-order valence-corrected chi connectivity index (χ1v) is 7.64. The molecule has 0 aliphatic heterocycles. The maximum absolute atomic E-state index is 12.2. The number of hydrogen-bond acceptors (Lipinski definition) is 3. The standard InChI is InChI=1S/C15H21N3O2S/c1-4-9-16-14(19)10(3)18-11-7-6-8-12(20-5-2)13(11)17-15(18)21/h6-8,10H,4-5,9H2,1-3H3,(H,16,19)(H,17,21). The van der Waals surface area contributed by atoms with Crippen molar-refractivity contribution in [3.63, 3.8) is 0 Å². The van der Waals surface area contributed by atoms with E-state index in [1.165, 1.54) is 0 Å². The Balaban J connectivity index is 2.44. The topological polar surface area (TPSA) is 59.0 Å². The molecule has 2 N–H and O–H groups in total. The Hall–Kier alpha value is -1.82. The third-order valence-corrected chi connectivity index (χ3v) is 3.63. The fourth-order valence-electron chi connectivity index (χ4n) is 2.30. The Morgan fingerprint density at radius 1 is 1.48 bits per heavy atom. The van der Waals surface area contributed by atoms with Gasteiger partial charge in [0.05, 0.1) is 12.1 Å². The van der Waals surface area contributed by atoms with Crippen LogP contribution < -0.4 is 10.1 Å². The maximum atomic E-state index is 12.2. The molecule has 1 aromatic carbocycles. The van der Waals surface area contributed by atoms with Gasteiger partial charge in [-0.1, -0.05) is 13.0 Å². The molecule has 0 fully saturated rings. The predicted octanol–water partition coefficient (Wildman–Crippen LogP) is 3.18. The van der Waals surface area contributed by atoms with Crippen molar-refractivity contribution in [3.05, 3.63) is 23.0 Å². The van der Waals surface area contributed by atoms with Gasteiger partial charge in [-0.3, -0.25) is 4.79 Å². The van der Waals surface area contributed by atoms with E-state index >= 15 is 0 Å². The van der Waals surface area contributed by atoms with E-state index in [1.54, 1.807) is 0 Å². The number of nitrogens with zero attached hydrogens (tertiary/aromatic N) is 1. The average Bonchev–Trinajstić information content (AvgIpc) is 2.81. The lowest BCUT2D eigenvalue weighted by Gasteiger charge is -2.14. The number of imidazole rings is 1. The van der Waals surface area contributed by atoms with Gasteiger partial charge in [-0.05, 0) is 44.6 Å². The van der Waals surface area contributed by atoms with Crippen LogP contribution >= 0.6 is 12.2 Å². The number of rotatable bonds is 6. The number of aromatic nitrogens is 2. The molecule has 1 amide bonds. The molecular formula is C15H21N3O2S. The van der Waals surface area contributed by atoms with Crippen molar-refractivity contribution in [2.24, 2.45) is 0 Å². The lowest BCUT2D eigenvalue weighted by atomic mass is 10.2. The van der Waals surface area contributed by atoms with E-state index in [0.29, 0.717) is 17.9 Å². The molecule has 5 nitrogen and oxygen atoms in total. The van der Waals surface area contributed by atoms with Crippen LogP contribution in [0.1, 0.15) is 33.2 Å². The second-order valence-electron chi connectivity index (χ2n) is 4.85. The Labute approximate surface area is 129 Å². The van der Waals surface area contributed by atoms with E-state index in [-0.39, 0.29) is 11.9 Å². The van der Waals surface area contributed by atoms with Crippen LogP contribution in [0.25, 0.3) is 11.0 Å². The molecule has 2 aromatic rings. The zero-order valence-electron chi connectivity index (χ0n) is 12.6. The third kappa shape index (κ3) is 3.10. The summed E-state index contributed by atoms with van der Waals surface area (Å²) in [5.41, 5.74) is 1.71. The second kappa shape index (κ2) is 6.76. The summed E-state index contributed by atoms with van der Waals surface area (Å²) in [7, 11) is 0. The largest absolute Gasteiger partial charge is 0.492 e. The quantitative estimate of drug-likeness (QED) is 0.806. The van der Waals surface area contributed by atoms with Gasteiger partial charge in [0.1, 0.15) is 17.3 Å². The molecule has 0 saturated carbocycles. The van der Waals surface area contributed by atoms with Crippen LogP contribution in [0.4, 0.5) is 0 Å². The van der Waals surface area contributed by atoms with Crippen LogP contribution in [-0.4, -0.2) is 28.6 Å². The van der Waals surface area contributed by atoms with Gasteiger partial charge in [0.15, 0.2) is 4.77 Å². The highest BCUT2D eigenvalue weighted by atomic mass is 32.1. The van der Waals surface area contributed by atoms with E-state index < -0.39 is 0 Å². The molecule has 1 unspecified atom stereocenters. The number of amides is 1. The van der Waals surface area contributed by atoms with Gasteiger partial charge >= 0.3 is 0 Å². The zero-order valence-corrected chi connectivity index (χ0v) is 13.4. The van der Waals surface area contributed by atoms with Crippen molar-refractivity contribution in [2.75, 3.05) is 13.2 Å². The second-order valence-corrected chi connectivity index (χ2v) is 5.24. The molecule has 0 aliphatic carbocycles. The molecule has 1 aromatic heterocycles. The Morgan fingerprint density at radius 2 is 2.24 bits per heavy atom. The molecule has 0 radical (unpaired) electrons. The summed E-state index contributed by atoms with van der Waals surface area (Å²) < 4.78 is 7.96. The van der Waals surface area contributed by atoms with Crippen LogP contribution in [-0.2, 0) is 4.79 Å². The molecule has 1 heterocycles. The highest BCUT2D eigenvalue weighted by Crippen LogP contribution is 2.27. The van der Waals surface area contributed by atoms with Crippen molar-refractivity contribution >= 4 is 29.2 Å². The first-order valence-electron chi connectivity index (χ1n) is 7.23. The number of aromatic amines is 1. The third-order valence-electron chi connectivity index (χ3n) is 3.33. The minimum Gasteiger partial charge on any atom is -0.492 e. The van der Waals surface area contributed by atoms with Gasteiger partial charge in [-0.2, -0.15) is 0 Å². The summed E-state index contributed by atoms with van der Waals surface area (Å²) >= 11 is 5.38. The summed E-state index contributed by atoms with van der Waals surface area (Å²) in [6.07, 6.45) is 0.909. The molecule has 21 heavy (non-hydrogen) atoms. The number of H-pyrrole nitrogens is 1. The number of nitrogens with one attached hydrogen (secondary N) is 2. The number of para-hydroxylation sites is 1. The number of carbonyl (C=O) groups excluding carboxylic acids is 1. The summed E-state index contributed by atoms with van der Waals surface area (Å²) in [4.78, 5) is 15.3. The van der Waals surface area contributed by atoms with Gasteiger partial charge in [0.2, 0.25) is 5.91 Å². The number of fused-ring (bicyclic) bond motifs is 1. The summed E-state index contributed by atoms with van der Waals surface area (Å²) in [6.45, 7) is 7.06. The first-order chi connectivity index (χ1) is 10.1. The molecule has 114 valence electrons. The lowest BCUT2D eigenvalue weighted by molar-refractivity contribution is -0.123. The van der Waals surface area contributed by atoms with Crippen molar-refractivity contribution in [1.82, 2.24) is 14.9 Å². The van der Waals surface area contributed by atoms with Crippen molar-refractivity contribution in [1.29, 1.82) is 0 Å². The lowest BCUT2D eigenvalue weighted by Crippen LogP contribution is -2.31. The maximum Gasteiger partial charge on any atom is 0.242 e. The number of carbonyl (C=O) groups is 1. The van der Waals surface area contributed by atoms with Gasteiger partial charge < -0.3 is 19.6 Å². The SMILES string of the molecule is CCCNC(=O)C(C)n1c(=S)[nH]c2c(OCC)cccc21. The molecule has 2 rings (SSSR count). The minimum atomic E-state index is -0.366. The summed E-state index contributed by atoms with van der Waals surface area (Å²) in [6, 6.07) is 5.37. The van der Waals surface area contributed by atoms with Crippen LogP contribution in [0.5, 0.6) is 5.75 Å². The molecule has 0 bridgehead atoms.